The van der Waals surface area contributed by atoms with E-state index in [4.69, 9.17) is 5.11 Å². The number of carbonyl (C=O) groups is 1. The SMILES string of the molecule is Cc1cc(C(=O)NC(C)CCCO)cc([N+](=O)[O-])c1. The van der Waals surface area contributed by atoms with Crippen LogP contribution in [0.3, 0.4) is 0 Å². The molecule has 1 aromatic rings. The van der Waals surface area contributed by atoms with Crippen molar-refractivity contribution in [1.29, 1.82) is 0 Å². The Labute approximate surface area is 111 Å². The van der Waals surface area contributed by atoms with Crippen LogP contribution in [0.5, 0.6) is 0 Å². The van der Waals surface area contributed by atoms with Crippen LogP contribution in [0.1, 0.15) is 35.7 Å². The van der Waals surface area contributed by atoms with Gasteiger partial charge in [0.25, 0.3) is 11.6 Å². The Hall–Kier alpha value is -1.95. The highest BCUT2D eigenvalue weighted by molar-refractivity contribution is 5.95. The monoisotopic (exact) mass is 266 g/mol. The number of aryl methyl sites for hydroxylation is 1. The summed E-state index contributed by atoms with van der Waals surface area (Å²) in [5.74, 6) is -0.336. The molecule has 0 aliphatic carbocycles. The molecule has 1 unspecified atom stereocenters. The van der Waals surface area contributed by atoms with Crippen LogP contribution in [-0.4, -0.2) is 28.6 Å². The highest BCUT2D eigenvalue weighted by atomic mass is 16.6. The molecular formula is C13H18N2O4. The lowest BCUT2D eigenvalue weighted by atomic mass is 10.1. The van der Waals surface area contributed by atoms with Crippen molar-refractivity contribution in [2.45, 2.75) is 32.7 Å². The summed E-state index contributed by atoms with van der Waals surface area (Å²) in [6.45, 7) is 3.62. The first-order valence-electron chi connectivity index (χ1n) is 6.12. The van der Waals surface area contributed by atoms with Gasteiger partial charge in [-0.3, -0.25) is 14.9 Å². The van der Waals surface area contributed by atoms with Gasteiger partial charge in [-0.1, -0.05) is 0 Å². The Kier molecular flexibility index (Phi) is 5.44. The average molecular weight is 266 g/mol. The third kappa shape index (κ3) is 4.67. The molecule has 0 saturated carbocycles. The second-order valence-electron chi connectivity index (χ2n) is 4.55. The minimum Gasteiger partial charge on any atom is -0.396 e. The fourth-order valence-corrected chi connectivity index (χ4v) is 1.78. The average Bonchev–Trinajstić information content (AvgIpc) is 2.35. The number of carbonyl (C=O) groups excluding carboxylic acids is 1. The van der Waals surface area contributed by atoms with E-state index in [1.807, 2.05) is 6.92 Å². The molecule has 1 atom stereocenters. The van der Waals surface area contributed by atoms with Gasteiger partial charge in [-0.25, -0.2) is 0 Å². The number of rotatable bonds is 6. The van der Waals surface area contributed by atoms with Gasteiger partial charge in [0.15, 0.2) is 0 Å². The topological polar surface area (TPSA) is 92.5 Å². The van der Waals surface area contributed by atoms with Crippen molar-refractivity contribution in [3.05, 3.63) is 39.4 Å². The van der Waals surface area contributed by atoms with E-state index in [2.05, 4.69) is 5.32 Å². The molecule has 6 heteroatoms. The number of hydrogen-bond donors (Lipinski definition) is 2. The lowest BCUT2D eigenvalue weighted by molar-refractivity contribution is -0.384. The zero-order valence-electron chi connectivity index (χ0n) is 11.0. The first-order chi connectivity index (χ1) is 8.93. The molecule has 2 N–H and O–H groups in total. The van der Waals surface area contributed by atoms with Crippen LogP contribution in [0, 0.1) is 17.0 Å². The molecule has 19 heavy (non-hydrogen) atoms. The van der Waals surface area contributed by atoms with Crippen molar-refractivity contribution in [3.63, 3.8) is 0 Å². The van der Waals surface area contributed by atoms with Crippen molar-refractivity contribution in [2.24, 2.45) is 0 Å². The number of nitro benzene ring substituents is 1. The van der Waals surface area contributed by atoms with E-state index >= 15 is 0 Å². The number of benzene rings is 1. The maximum absolute atomic E-state index is 11.9. The zero-order chi connectivity index (χ0) is 14.4. The number of non-ortho nitro benzene ring substituents is 1. The third-order valence-electron chi connectivity index (χ3n) is 2.71. The van der Waals surface area contributed by atoms with Gasteiger partial charge in [0.1, 0.15) is 0 Å². The Bertz CT molecular complexity index is 474. The fraction of sp³-hybridized carbons (Fsp3) is 0.462. The van der Waals surface area contributed by atoms with Gasteiger partial charge in [-0.2, -0.15) is 0 Å². The summed E-state index contributed by atoms with van der Waals surface area (Å²) in [5.41, 5.74) is 0.859. The van der Waals surface area contributed by atoms with E-state index in [-0.39, 0.29) is 29.8 Å². The summed E-state index contributed by atoms with van der Waals surface area (Å²) in [5, 5.41) is 22.2. The van der Waals surface area contributed by atoms with E-state index in [0.717, 1.165) is 0 Å². The number of nitro groups is 1. The molecule has 0 fully saturated rings. The standard InChI is InChI=1S/C13H18N2O4/c1-9-6-11(8-12(7-9)15(18)19)13(17)14-10(2)4-3-5-16/h6-8,10,16H,3-5H2,1-2H3,(H,14,17). The molecule has 0 radical (unpaired) electrons. The van der Waals surface area contributed by atoms with E-state index in [1.165, 1.54) is 12.1 Å². The van der Waals surface area contributed by atoms with Crippen molar-refractivity contribution in [3.8, 4) is 0 Å². The van der Waals surface area contributed by atoms with Gasteiger partial charge in [-0.15, -0.1) is 0 Å². The summed E-state index contributed by atoms with van der Waals surface area (Å²) in [6.07, 6.45) is 1.27. The fourth-order valence-electron chi connectivity index (χ4n) is 1.78. The summed E-state index contributed by atoms with van der Waals surface area (Å²) in [6, 6.07) is 4.22. The molecule has 0 aromatic heterocycles. The zero-order valence-corrected chi connectivity index (χ0v) is 11.0. The molecule has 0 spiro atoms. The Morgan fingerprint density at radius 3 is 2.74 bits per heavy atom. The summed E-state index contributed by atoms with van der Waals surface area (Å²) in [4.78, 5) is 22.2. The predicted molar refractivity (Wildman–Crippen MR) is 71.1 cm³/mol. The lowest BCUT2D eigenvalue weighted by Gasteiger charge is -2.13. The number of hydrogen-bond acceptors (Lipinski definition) is 4. The minimum atomic E-state index is -0.515. The summed E-state index contributed by atoms with van der Waals surface area (Å²) >= 11 is 0. The van der Waals surface area contributed by atoms with Crippen LogP contribution < -0.4 is 5.32 Å². The minimum absolute atomic E-state index is 0.0795. The van der Waals surface area contributed by atoms with E-state index in [1.54, 1.807) is 13.0 Å². The molecule has 6 nitrogen and oxygen atoms in total. The first-order valence-corrected chi connectivity index (χ1v) is 6.12. The van der Waals surface area contributed by atoms with Crippen LogP contribution in [0.15, 0.2) is 18.2 Å². The molecule has 0 aliphatic rings. The van der Waals surface area contributed by atoms with E-state index in [0.29, 0.717) is 18.4 Å². The maximum atomic E-state index is 11.9. The molecule has 1 rings (SSSR count). The quantitative estimate of drug-likeness (QED) is 0.606. The normalized spacial score (nSPS) is 11.9. The second kappa shape index (κ2) is 6.84. The lowest BCUT2D eigenvalue weighted by Crippen LogP contribution is -2.32. The third-order valence-corrected chi connectivity index (χ3v) is 2.71. The molecule has 0 saturated heterocycles. The first kappa shape index (κ1) is 15.1. The van der Waals surface area contributed by atoms with Crippen molar-refractivity contribution >= 4 is 11.6 Å². The summed E-state index contributed by atoms with van der Waals surface area (Å²) in [7, 11) is 0. The van der Waals surface area contributed by atoms with Crippen LogP contribution in [0.2, 0.25) is 0 Å². The van der Waals surface area contributed by atoms with Crippen LogP contribution in [-0.2, 0) is 0 Å². The molecule has 1 amide bonds. The number of aliphatic hydroxyl groups is 1. The maximum Gasteiger partial charge on any atom is 0.270 e. The van der Waals surface area contributed by atoms with Crippen molar-refractivity contribution in [2.75, 3.05) is 6.61 Å². The van der Waals surface area contributed by atoms with Gasteiger partial charge in [0.05, 0.1) is 4.92 Å². The number of aliphatic hydroxyl groups excluding tert-OH is 1. The van der Waals surface area contributed by atoms with Gasteiger partial charge in [0.2, 0.25) is 0 Å². The summed E-state index contributed by atoms with van der Waals surface area (Å²) < 4.78 is 0. The number of nitrogens with zero attached hydrogens (tertiary/aromatic N) is 1. The molecule has 1 aromatic carbocycles. The van der Waals surface area contributed by atoms with Crippen LogP contribution in [0.25, 0.3) is 0 Å². The molecule has 0 heterocycles. The Balaban J connectivity index is 2.79. The highest BCUT2D eigenvalue weighted by Crippen LogP contribution is 2.16. The number of nitrogens with one attached hydrogen (secondary N) is 1. The molecule has 0 aliphatic heterocycles. The molecular weight excluding hydrogens is 248 g/mol. The Morgan fingerprint density at radius 1 is 1.47 bits per heavy atom. The smallest absolute Gasteiger partial charge is 0.270 e. The van der Waals surface area contributed by atoms with E-state index in [9.17, 15) is 14.9 Å². The van der Waals surface area contributed by atoms with Crippen LogP contribution in [0.4, 0.5) is 5.69 Å². The largest absolute Gasteiger partial charge is 0.396 e. The van der Waals surface area contributed by atoms with E-state index < -0.39 is 4.92 Å². The van der Waals surface area contributed by atoms with Crippen molar-refractivity contribution in [1.82, 2.24) is 5.32 Å². The van der Waals surface area contributed by atoms with Gasteiger partial charge < -0.3 is 10.4 Å². The predicted octanol–water partition coefficient (Wildman–Crippen LogP) is 1.79. The van der Waals surface area contributed by atoms with Crippen LogP contribution >= 0.6 is 0 Å². The number of amides is 1. The van der Waals surface area contributed by atoms with Crippen molar-refractivity contribution < 1.29 is 14.8 Å². The van der Waals surface area contributed by atoms with Gasteiger partial charge in [0, 0.05) is 30.3 Å². The second-order valence-corrected chi connectivity index (χ2v) is 4.55. The highest BCUT2D eigenvalue weighted by Gasteiger charge is 2.14. The molecule has 104 valence electrons. The molecule has 0 bridgehead atoms. The Morgan fingerprint density at radius 2 is 2.16 bits per heavy atom. The van der Waals surface area contributed by atoms with Gasteiger partial charge in [-0.05, 0) is 38.3 Å². The van der Waals surface area contributed by atoms with Gasteiger partial charge >= 0.3 is 0 Å².